The summed E-state index contributed by atoms with van der Waals surface area (Å²) in [6, 6.07) is 7.16. The molecule has 3 nitrogen and oxygen atoms in total. The van der Waals surface area contributed by atoms with Crippen molar-refractivity contribution in [1.82, 2.24) is 0 Å². The van der Waals surface area contributed by atoms with Crippen LogP contribution in [0.1, 0.15) is 37.1 Å². The smallest absolute Gasteiger partial charge is 1.00 e. The molecule has 0 saturated carbocycles. The third-order valence-electron chi connectivity index (χ3n) is 2.12. The third kappa shape index (κ3) is 4.34. The van der Waals surface area contributed by atoms with E-state index in [0.717, 1.165) is 24.8 Å². The van der Waals surface area contributed by atoms with Crippen molar-refractivity contribution in [3.63, 3.8) is 0 Å². The predicted molar refractivity (Wildman–Crippen MR) is 54.2 cm³/mol. The van der Waals surface area contributed by atoms with Gasteiger partial charge in [-0.05, 0) is 24.5 Å². The number of carbonyl (C=O) groups excluding carboxylic acids is 1. The predicted octanol–water partition coefficient (Wildman–Crippen LogP) is -0.225. The van der Waals surface area contributed by atoms with Gasteiger partial charge in [0.05, 0.1) is 5.56 Å². The second-order valence-corrected chi connectivity index (χ2v) is 3.14. The molecule has 0 radical (unpaired) electrons. The van der Waals surface area contributed by atoms with Crippen molar-refractivity contribution in [3.05, 3.63) is 35.4 Å². The van der Waals surface area contributed by atoms with Crippen LogP contribution < -0.4 is 29.6 Å². The van der Waals surface area contributed by atoms with Crippen LogP contribution in [0.15, 0.2) is 24.3 Å². The summed E-state index contributed by atoms with van der Waals surface area (Å²) >= 11 is 0. The standard InChI is InChI=1S/C11H14O3.Na.H/c1-2-3-6-9-7-4-5-8-10(9)11(12)14-13;;/h4-5,7-8,13H,2-3,6H2,1H3;;/q;+1;-1. The normalized spacial score (nSPS) is 9.20. The second-order valence-electron chi connectivity index (χ2n) is 3.14. The van der Waals surface area contributed by atoms with Gasteiger partial charge in [-0.2, -0.15) is 5.26 Å². The molecule has 0 bridgehead atoms. The van der Waals surface area contributed by atoms with Gasteiger partial charge in [0.25, 0.3) is 0 Å². The number of unbranched alkanes of at least 4 members (excludes halogenated alkanes) is 1. The van der Waals surface area contributed by atoms with Gasteiger partial charge >= 0.3 is 35.5 Å². The summed E-state index contributed by atoms with van der Waals surface area (Å²) in [6.45, 7) is 2.09. The Morgan fingerprint density at radius 1 is 1.47 bits per heavy atom. The minimum Gasteiger partial charge on any atom is -1.00 e. The van der Waals surface area contributed by atoms with Gasteiger partial charge in [-0.15, -0.1) is 0 Å². The van der Waals surface area contributed by atoms with Crippen molar-refractivity contribution >= 4 is 5.97 Å². The quantitative estimate of drug-likeness (QED) is 0.431. The fourth-order valence-electron chi connectivity index (χ4n) is 1.35. The number of carbonyl (C=O) groups is 1. The summed E-state index contributed by atoms with van der Waals surface area (Å²) in [7, 11) is 0. The van der Waals surface area contributed by atoms with Gasteiger partial charge in [-0.25, -0.2) is 4.79 Å². The first-order chi connectivity index (χ1) is 6.79. The number of hydrogen-bond acceptors (Lipinski definition) is 3. The molecule has 0 aliphatic rings. The van der Waals surface area contributed by atoms with Gasteiger partial charge in [-0.3, -0.25) is 4.89 Å². The van der Waals surface area contributed by atoms with Crippen LogP contribution in [0, 0.1) is 0 Å². The molecule has 0 aliphatic carbocycles. The van der Waals surface area contributed by atoms with Crippen LogP contribution in [0.2, 0.25) is 0 Å². The fourth-order valence-corrected chi connectivity index (χ4v) is 1.35. The van der Waals surface area contributed by atoms with E-state index < -0.39 is 5.97 Å². The summed E-state index contributed by atoms with van der Waals surface area (Å²) in [5.74, 6) is -0.684. The summed E-state index contributed by atoms with van der Waals surface area (Å²) in [4.78, 5) is 14.8. The fraction of sp³-hybridized carbons (Fsp3) is 0.364. The van der Waals surface area contributed by atoms with Gasteiger partial charge in [0, 0.05) is 0 Å². The first-order valence-electron chi connectivity index (χ1n) is 4.73. The first-order valence-corrected chi connectivity index (χ1v) is 4.73. The van der Waals surface area contributed by atoms with Crippen LogP contribution in [0.25, 0.3) is 0 Å². The average molecular weight is 218 g/mol. The Hall–Kier alpha value is -0.350. The van der Waals surface area contributed by atoms with Crippen LogP contribution in [-0.4, -0.2) is 11.2 Å². The molecule has 0 fully saturated rings. The van der Waals surface area contributed by atoms with E-state index in [1.807, 2.05) is 12.1 Å². The van der Waals surface area contributed by atoms with Crippen LogP contribution in [0.4, 0.5) is 0 Å². The number of benzene rings is 1. The zero-order valence-electron chi connectivity index (χ0n) is 10.2. The van der Waals surface area contributed by atoms with Crippen molar-refractivity contribution in [2.45, 2.75) is 26.2 Å². The van der Waals surface area contributed by atoms with Gasteiger partial charge in [-0.1, -0.05) is 31.5 Å². The van der Waals surface area contributed by atoms with Crippen molar-refractivity contribution < 1.29 is 45.9 Å². The van der Waals surface area contributed by atoms with Gasteiger partial charge in [0.2, 0.25) is 0 Å². The van der Waals surface area contributed by atoms with Crippen LogP contribution in [0.5, 0.6) is 0 Å². The molecule has 78 valence electrons. The van der Waals surface area contributed by atoms with Gasteiger partial charge in [0.15, 0.2) is 0 Å². The maximum Gasteiger partial charge on any atom is 1.00 e. The maximum atomic E-state index is 11.1. The van der Waals surface area contributed by atoms with Crippen molar-refractivity contribution in [2.24, 2.45) is 0 Å². The van der Waals surface area contributed by atoms with E-state index in [9.17, 15) is 4.79 Å². The number of aryl methyl sites for hydroxylation is 1. The Morgan fingerprint density at radius 2 is 2.13 bits per heavy atom. The summed E-state index contributed by atoms with van der Waals surface area (Å²) in [5, 5.41) is 8.29. The summed E-state index contributed by atoms with van der Waals surface area (Å²) < 4.78 is 0. The molecule has 4 heteroatoms. The van der Waals surface area contributed by atoms with Crippen molar-refractivity contribution in [2.75, 3.05) is 0 Å². The Balaban J connectivity index is 0. The number of rotatable bonds is 4. The molecular formula is C11H15NaO3. The Morgan fingerprint density at radius 3 is 2.73 bits per heavy atom. The molecule has 0 unspecified atom stereocenters. The Labute approximate surface area is 113 Å². The van der Waals surface area contributed by atoms with Gasteiger partial charge in [0.1, 0.15) is 0 Å². The molecule has 15 heavy (non-hydrogen) atoms. The monoisotopic (exact) mass is 218 g/mol. The van der Waals surface area contributed by atoms with Crippen LogP contribution >= 0.6 is 0 Å². The van der Waals surface area contributed by atoms with E-state index in [0.29, 0.717) is 5.56 Å². The molecule has 0 saturated heterocycles. The molecule has 0 aromatic heterocycles. The van der Waals surface area contributed by atoms with E-state index in [4.69, 9.17) is 5.26 Å². The molecule has 1 aromatic carbocycles. The zero-order chi connectivity index (χ0) is 10.4. The summed E-state index contributed by atoms with van der Waals surface area (Å²) in [6.07, 6.45) is 2.93. The molecule has 0 spiro atoms. The van der Waals surface area contributed by atoms with Crippen molar-refractivity contribution in [1.29, 1.82) is 0 Å². The SMILES string of the molecule is CCCCc1ccccc1C(=O)OO.[H-].[Na+]. The average Bonchev–Trinajstić information content (AvgIpc) is 2.25. The van der Waals surface area contributed by atoms with E-state index in [1.165, 1.54) is 0 Å². The first kappa shape index (κ1) is 14.6. The maximum absolute atomic E-state index is 11.1. The summed E-state index contributed by atoms with van der Waals surface area (Å²) in [5.41, 5.74) is 1.37. The molecule has 0 atom stereocenters. The third-order valence-corrected chi connectivity index (χ3v) is 2.12. The Bertz CT molecular complexity index is 318. The minimum absolute atomic E-state index is 0. The molecule has 1 rings (SSSR count). The number of hydrogen-bond donors (Lipinski definition) is 1. The van der Waals surface area contributed by atoms with Crippen LogP contribution in [0.3, 0.4) is 0 Å². The Kier molecular flexibility index (Phi) is 7.70. The van der Waals surface area contributed by atoms with Gasteiger partial charge < -0.3 is 1.43 Å². The molecule has 0 aliphatic heterocycles. The van der Waals surface area contributed by atoms with E-state index in [2.05, 4.69) is 11.8 Å². The molecule has 1 aromatic rings. The van der Waals surface area contributed by atoms with E-state index in [-0.39, 0.29) is 31.0 Å². The topological polar surface area (TPSA) is 46.5 Å². The van der Waals surface area contributed by atoms with E-state index >= 15 is 0 Å². The largest absolute Gasteiger partial charge is 1.00 e. The second kappa shape index (κ2) is 7.88. The van der Waals surface area contributed by atoms with Crippen molar-refractivity contribution in [3.8, 4) is 0 Å². The van der Waals surface area contributed by atoms with Crippen LogP contribution in [-0.2, 0) is 11.3 Å². The molecule has 1 N–H and O–H groups in total. The van der Waals surface area contributed by atoms with E-state index in [1.54, 1.807) is 12.1 Å². The molecular weight excluding hydrogens is 203 g/mol. The molecule has 0 amide bonds. The molecule has 0 heterocycles. The minimum atomic E-state index is -0.684. The zero-order valence-corrected chi connectivity index (χ0v) is 11.2.